The van der Waals surface area contributed by atoms with Crippen molar-refractivity contribution in [3.63, 3.8) is 0 Å². The summed E-state index contributed by atoms with van der Waals surface area (Å²) in [7, 11) is 0. The van der Waals surface area contributed by atoms with E-state index >= 15 is 0 Å². The van der Waals surface area contributed by atoms with Gasteiger partial charge >= 0.3 is 52.1 Å². The van der Waals surface area contributed by atoms with Gasteiger partial charge in [0.1, 0.15) is 0 Å². The molecule has 1 rings (SSSR count). The molecule has 0 saturated carbocycles. The van der Waals surface area contributed by atoms with E-state index in [2.05, 4.69) is 15.4 Å². The van der Waals surface area contributed by atoms with Gasteiger partial charge in [0.25, 0.3) is 0 Å². The fourth-order valence-corrected chi connectivity index (χ4v) is 0.427. The van der Waals surface area contributed by atoms with E-state index in [0.29, 0.717) is 0 Å². The first-order chi connectivity index (χ1) is 3.39. The Morgan fingerprint density at radius 3 is 2.22 bits per heavy atom. The fraction of sp³-hybridized carbons (Fsp3) is 0. The maximum absolute atomic E-state index is 3.62. The Bertz CT molecular complexity index is 147. The van der Waals surface area contributed by atoms with Gasteiger partial charge in [-0.15, -0.1) is 0 Å². The number of rotatable bonds is 0. The monoisotopic (exact) mass is 160 g/mol. The summed E-state index contributed by atoms with van der Waals surface area (Å²) in [6.07, 6.45) is 1.61. The van der Waals surface area contributed by atoms with Gasteiger partial charge in [-0.1, -0.05) is 0 Å². The van der Waals surface area contributed by atoms with Crippen molar-refractivity contribution < 1.29 is 31.4 Å². The Morgan fingerprint density at radius 1 is 1.33 bits per heavy atom. The zero-order valence-electron chi connectivity index (χ0n) is 4.31. The molecular weight excluding hydrogens is 158 g/mol. The van der Waals surface area contributed by atoms with Gasteiger partial charge in [-0.25, -0.2) is 0 Å². The molecule has 0 N–H and O–H groups in total. The van der Waals surface area contributed by atoms with Gasteiger partial charge < -0.3 is 11.0 Å². The van der Waals surface area contributed by atoms with Crippen LogP contribution in [0.5, 0.6) is 0 Å². The normalized spacial score (nSPS) is 6.89. The fourth-order valence-electron chi connectivity index (χ4n) is 0.241. The molecule has 0 atom stereocenters. The third-order valence-corrected chi connectivity index (χ3v) is 0.920. The SMILES string of the molecule is [O-2].[O-2].[Ti+4][c]1ccnnn1. The van der Waals surface area contributed by atoms with Gasteiger partial charge in [-0.2, -0.15) is 0 Å². The van der Waals surface area contributed by atoms with Crippen molar-refractivity contribution in [2.75, 3.05) is 0 Å². The maximum atomic E-state index is 3.62. The van der Waals surface area contributed by atoms with E-state index in [1.165, 1.54) is 0 Å². The molecule has 1 aromatic rings. The molecule has 0 aromatic carbocycles. The average molecular weight is 160 g/mol. The van der Waals surface area contributed by atoms with E-state index in [1.54, 1.807) is 12.3 Å². The van der Waals surface area contributed by atoms with Crippen molar-refractivity contribution in [3.05, 3.63) is 12.3 Å². The van der Waals surface area contributed by atoms with Gasteiger partial charge in [0.05, 0.1) is 0 Å². The Hall–Kier alpha value is -0.356. The Kier molecular flexibility index (Phi) is 7.34. The van der Waals surface area contributed by atoms with Crippen LogP contribution in [0.4, 0.5) is 0 Å². The third-order valence-electron chi connectivity index (χ3n) is 0.503. The topological polar surface area (TPSA) is 95.7 Å². The van der Waals surface area contributed by atoms with Crippen LogP contribution in [-0.2, 0) is 31.4 Å². The summed E-state index contributed by atoms with van der Waals surface area (Å²) >= 11 is 1.87. The molecule has 0 aliphatic carbocycles. The molecule has 1 aromatic heterocycles. The van der Waals surface area contributed by atoms with Crippen molar-refractivity contribution in [1.82, 2.24) is 15.4 Å². The van der Waals surface area contributed by atoms with Gasteiger partial charge in [-0.3, -0.25) is 0 Å². The van der Waals surface area contributed by atoms with Gasteiger partial charge in [0.2, 0.25) is 0 Å². The molecule has 0 aliphatic rings. The van der Waals surface area contributed by atoms with Crippen LogP contribution in [0.2, 0.25) is 0 Å². The average Bonchev–Trinajstić information content (AvgIpc) is 1.69. The molecule has 0 spiro atoms. The molecule has 0 bridgehead atoms. The summed E-state index contributed by atoms with van der Waals surface area (Å²) in [5, 5.41) is 10.5. The minimum atomic E-state index is 0. The van der Waals surface area contributed by atoms with E-state index < -0.39 is 0 Å². The summed E-state index contributed by atoms with van der Waals surface area (Å²) in [5.74, 6) is 0. The van der Waals surface area contributed by atoms with Crippen LogP contribution in [-0.4, -0.2) is 15.4 Å². The number of hydrogen-bond acceptors (Lipinski definition) is 3. The van der Waals surface area contributed by atoms with Gasteiger partial charge in [0, 0.05) is 0 Å². The summed E-state index contributed by atoms with van der Waals surface area (Å²) in [6.45, 7) is 0. The van der Waals surface area contributed by atoms with Crippen molar-refractivity contribution in [1.29, 1.82) is 0 Å². The molecule has 0 amide bonds. The van der Waals surface area contributed by atoms with Crippen LogP contribution in [0.15, 0.2) is 12.3 Å². The summed E-state index contributed by atoms with van der Waals surface area (Å²) in [6, 6.07) is 1.80. The van der Waals surface area contributed by atoms with E-state index in [1.807, 2.05) is 20.4 Å². The molecule has 0 aliphatic heterocycles. The van der Waals surface area contributed by atoms with Crippen LogP contribution in [0.3, 0.4) is 0 Å². The van der Waals surface area contributed by atoms with Crippen molar-refractivity contribution in [2.45, 2.75) is 0 Å². The van der Waals surface area contributed by atoms with Crippen molar-refractivity contribution in [2.24, 2.45) is 0 Å². The molecule has 9 heavy (non-hydrogen) atoms. The quantitative estimate of drug-likeness (QED) is 0.446. The van der Waals surface area contributed by atoms with E-state index in [9.17, 15) is 0 Å². The zero-order chi connectivity index (χ0) is 5.11. The molecule has 1 heterocycles. The number of nitrogens with zero attached hydrogens (tertiary/aromatic N) is 3. The molecule has 5 nitrogen and oxygen atoms in total. The number of aromatic nitrogens is 3. The Labute approximate surface area is 63.5 Å². The first-order valence-electron chi connectivity index (χ1n) is 1.75. The molecule has 0 unspecified atom stereocenters. The minimum absolute atomic E-state index is 0. The first-order valence-corrected chi connectivity index (χ1v) is 2.53. The molecule has 0 fully saturated rings. The van der Waals surface area contributed by atoms with Crippen molar-refractivity contribution >= 4 is 4.00 Å². The third kappa shape index (κ3) is 4.17. The van der Waals surface area contributed by atoms with Crippen LogP contribution in [0.25, 0.3) is 0 Å². The molecule has 45 valence electrons. The van der Waals surface area contributed by atoms with Crippen LogP contribution < -0.4 is 4.00 Å². The molecule has 0 saturated heterocycles. The predicted octanol–water partition coefficient (Wildman–Crippen LogP) is -1.19. The molecule has 6 heteroatoms. The summed E-state index contributed by atoms with van der Waals surface area (Å²) in [5.41, 5.74) is 0. The Balaban J connectivity index is 0. The zero-order valence-corrected chi connectivity index (χ0v) is 5.87. The van der Waals surface area contributed by atoms with Crippen molar-refractivity contribution in [3.8, 4) is 0 Å². The van der Waals surface area contributed by atoms with E-state index in [0.717, 1.165) is 4.00 Å². The second-order valence-corrected chi connectivity index (χ2v) is 1.81. The van der Waals surface area contributed by atoms with Crippen LogP contribution in [0.1, 0.15) is 0 Å². The predicted molar refractivity (Wildman–Crippen MR) is 20.8 cm³/mol. The summed E-state index contributed by atoms with van der Waals surface area (Å²) < 4.78 is 0.898. The molecular formula is C3H2N3O2Ti. The Morgan fingerprint density at radius 2 is 2.00 bits per heavy atom. The van der Waals surface area contributed by atoms with Gasteiger partial charge in [-0.05, 0) is 0 Å². The second kappa shape index (κ2) is 5.78. The van der Waals surface area contributed by atoms with E-state index in [4.69, 9.17) is 0 Å². The van der Waals surface area contributed by atoms with Crippen LogP contribution in [0, 0.1) is 0 Å². The standard InChI is InChI=1S/C3H2N3.2O.Ti/c1-2-4-6-5-3-1;;;/h1-2H;;;/q;2*-2;+4. The van der Waals surface area contributed by atoms with E-state index in [-0.39, 0.29) is 11.0 Å². The number of hydrogen-bond donors (Lipinski definition) is 0. The van der Waals surface area contributed by atoms with Crippen LogP contribution >= 0.6 is 0 Å². The second-order valence-electron chi connectivity index (χ2n) is 1.01. The summed E-state index contributed by atoms with van der Waals surface area (Å²) in [4.78, 5) is 0. The first kappa shape index (κ1) is 11.4. The van der Waals surface area contributed by atoms with Gasteiger partial charge in [0.15, 0.2) is 0 Å². The molecule has 0 radical (unpaired) electrons.